The van der Waals surface area contributed by atoms with Crippen molar-refractivity contribution in [3.63, 3.8) is 0 Å². The first-order chi connectivity index (χ1) is 13.1. The van der Waals surface area contributed by atoms with Gasteiger partial charge >= 0.3 is 0 Å². The Morgan fingerprint density at radius 2 is 1.68 bits per heavy atom. The first kappa shape index (κ1) is 20.5. The highest BCUT2D eigenvalue weighted by molar-refractivity contribution is 7.89. The molecule has 2 aromatic heterocycles. The smallest absolute Gasteiger partial charge is 0.246 e. The Labute approximate surface area is 165 Å². The van der Waals surface area contributed by atoms with E-state index in [0.29, 0.717) is 31.6 Å². The number of piperidine rings is 1. The van der Waals surface area contributed by atoms with Crippen molar-refractivity contribution in [2.45, 2.75) is 44.6 Å². The van der Waals surface area contributed by atoms with Crippen molar-refractivity contribution in [1.82, 2.24) is 29.2 Å². The van der Waals surface area contributed by atoms with E-state index in [1.54, 1.807) is 18.7 Å². The highest BCUT2D eigenvalue weighted by Crippen LogP contribution is 2.26. The lowest BCUT2D eigenvalue weighted by molar-refractivity contribution is -0.126. The molecule has 0 bridgehead atoms. The number of rotatable bonds is 5. The fourth-order valence-electron chi connectivity index (χ4n) is 3.78. The van der Waals surface area contributed by atoms with E-state index in [-0.39, 0.29) is 22.8 Å². The predicted octanol–water partition coefficient (Wildman–Crippen LogP) is 1.05. The summed E-state index contributed by atoms with van der Waals surface area (Å²) in [6, 6.07) is -0.138. The van der Waals surface area contributed by atoms with E-state index in [1.807, 2.05) is 27.1 Å². The minimum Gasteiger partial charge on any atom is -0.349 e. The summed E-state index contributed by atoms with van der Waals surface area (Å²) in [5.41, 5.74) is 2.37. The van der Waals surface area contributed by atoms with Crippen LogP contribution in [0, 0.1) is 19.8 Å². The zero-order chi connectivity index (χ0) is 20.6. The van der Waals surface area contributed by atoms with Gasteiger partial charge in [-0.1, -0.05) is 0 Å². The number of amides is 1. The molecule has 0 aromatic carbocycles. The fourth-order valence-corrected chi connectivity index (χ4v) is 5.45. The van der Waals surface area contributed by atoms with Crippen LogP contribution in [0.4, 0.5) is 0 Å². The predicted molar refractivity (Wildman–Crippen MR) is 104 cm³/mol. The number of nitrogens with zero attached hydrogens (tertiary/aromatic N) is 5. The summed E-state index contributed by atoms with van der Waals surface area (Å²) in [5, 5.41) is 11.5. The molecular weight excluding hydrogens is 380 g/mol. The lowest BCUT2D eigenvalue weighted by Crippen LogP contribution is -2.43. The van der Waals surface area contributed by atoms with Crippen LogP contribution < -0.4 is 5.32 Å². The second-order valence-corrected chi connectivity index (χ2v) is 9.41. The highest BCUT2D eigenvalue weighted by atomic mass is 32.2. The van der Waals surface area contributed by atoms with Crippen molar-refractivity contribution < 1.29 is 13.2 Å². The van der Waals surface area contributed by atoms with Crippen molar-refractivity contribution in [3.8, 4) is 0 Å². The molecule has 1 atom stereocenters. The number of aromatic nitrogens is 4. The fraction of sp³-hybridized carbons (Fsp3) is 0.611. The van der Waals surface area contributed by atoms with Gasteiger partial charge in [0.25, 0.3) is 0 Å². The summed E-state index contributed by atoms with van der Waals surface area (Å²) in [7, 11) is -0.0282. The maximum absolute atomic E-state index is 12.9. The molecule has 28 heavy (non-hydrogen) atoms. The van der Waals surface area contributed by atoms with Gasteiger partial charge in [-0.05, 0) is 33.6 Å². The third kappa shape index (κ3) is 3.97. The summed E-state index contributed by atoms with van der Waals surface area (Å²) < 4.78 is 30.4. The van der Waals surface area contributed by atoms with E-state index in [9.17, 15) is 13.2 Å². The molecule has 1 aliphatic rings. The second kappa shape index (κ2) is 7.67. The summed E-state index contributed by atoms with van der Waals surface area (Å²) in [6.07, 6.45) is 4.44. The van der Waals surface area contributed by atoms with Gasteiger partial charge in [-0.25, -0.2) is 8.42 Å². The molecule has 0 saturated carbocycles. The van der Waals surface area contributed by atoms with Gasteiger partial charge in [-0.15, -0.1) is 0 Å². The molecule has 0 unspecified atom stereocenters. The Kier molecular flexibility index (Phi) is 5.62. The van der Waals surface area contributed by atoms with Crippen LogP contribution >= 0.6 is 0 Å². The van der Waals surface area contributed by atoms with E-state index in [2.05, 4.69) is 15.5 Å². The van der Waals surface area contributed by atoms with Crippen LogP contribution in [0.1, 0.15) is 42.8 Å². The molecular formula is C18H28N6O3S. The SMILES string of the molecule is Cc1nn(C)cc1[C@@H](C)NC(=O)C1CCN(S(=O)(=O)c2cn(C)nc2C)CC1. The Bertz CT molecular complexity index is 970. The van der Waals surface area contributed by atoms with Crippen LogP contribution in [0.3, 0.4) is 0 Å². The highest BCUT2D eigenvalue weighted by Gasteiger charge is 2.34. The molecule has 1 aliphatic heterocycles. The summed E-state index contributed by atoms with van der Waals surface area (Å²) in [6.45, 7) is 6.20. The van der Waals surface area contributed by atoms with Gasteiger partial charge in [0.2, 0.25) is 15.9 Å². The third-order valence-electron chi connectivity index (χ3n) is 5.29. The number of carbonyl (C=O) groups excluding carboxylic acids is 1. The van der Waals surface area contributed by atoms with Gasteiger partial charge < -0.3 is 5.32 Å². The Balaban J connectivity index is 1.61. The minimum atomic E-state index is -3.58. The molecule has 10 heteroatoms. The average molecular weight is 409 g/mol. The lowest BCUT2D eigenvalue weighted by atomic mass is 9.96. The van der Waals surface area contributed by atoms with Gasteiger partial charge in [-0.3, -0.25) is 14.2 Å². The molecule has 0 radical (unpaired) electrons. The van der Waals surface area contributed by atoms with Gasteiger partial charge in [0.15, 0.2) is 0 Å². The van der Waals surface area contributed by atoms with E-state index in [0.717, 1.165) is 11.3 Å². The molecule has 3 rings (SSSR count). The second-order valence-electron chi connectivity index (χ2n) is 7.50. The van der Waals surface area contributed by atoms with E-state index in [4.69, 9.17) is 0 Å². The van der Waals surface area contributed by atoms with Gasteiger partial charge in [0, 0.05) is 51.1 Å². The van der Waals surface area contributed by atoms with Crippen LogP contribution in [-0.4, -0.2) is 51.3 Å². The van der Waals surface area contributed by atoms with Crippen LogP contribution in [0.15, 0.2) is 17.3 Å². The van der Waals surface area contributed by atoms with Crippen molar-refractivity contribution >= 4 is 15.9 Å². The number of carbonyl (C=O) groups is 1. The molecule has 9 nitrogen and oxygen atoms in total. The Hall–Kier alpha value is -2.20. The molecule has 154 valence electrons. The van der Waals surface area contributed by atoms with Crippen molar-refractivity contribution in [1.29, 1.82) is 0 Å². The average Bonchev–Trinajstić information content (AvgIpc) is 3.15. The van der Waals surface area contributed by atoms with Crippen molar-refractivity contribution in [3.05, 3.63) is 29.3 Å². The zero-order valence-electron chi connectivity index (χ0n) is 17.0. The van der Waals surface area contributed by atoms with E-state index >= 15 is 0 Å². The summed E-state index contributed by atoms with van der Waals surface area (Å²) >= 11 is 0. The molecule has 1 fully saturated rings. The first-order valence-corrected chi connectivity index (χ1v) is 10.8. The van der Waals surface area contributed by atoms with Crippen molar-refractivity contribution in [2.24, 2.45) is 20.0 Å². The van der Waals surface area contributed by atoms with Crippen LogP contribution in [0.2, 0.25) is 0 Å². The van der Waals surface area contributed by atoms with Crippen LogP contribution in [-0.2, 0) is 28.9 Å². The summed E-state index contributed by atoms with van der Waals surface area (Å²) in [4.78, 5) is 12.9. The Morgan fingerprint density at radius 3 is 2.18 bits per heavy atom. The monoisotopic (exact) mass is 408 g/mol. The van der Waals surface area contributed by atoms with Gasteiger partial charge in [0.05, 0.1) is 17.4 Å². The molecule has 3 heterocycles. The van der Waals surface area contributed by atoms with Gasteiger partial charge in [0.1, 0.15) is 4.90 Å². The maximum Gasteiger partial charge on any atom is 0.246 e. The number of hydrogen-bond acceptors (Lipinski definition) is 5. The van der Waals surface area contributed by atoms with E-state index < -0.39 is 10.0 Å². The number of nitrogens with one attached hydrogen (secondary N) is 1. The topological polar surface area (TPSA) is 102 Å². The van der Waals surface area contributed by atoms with Crippen LogP contribution in [0.5, 0.6) is 0 Å². The molecule has 0 spiro atoms. The zero-order valence-corrected chi connectivity index (χ0v) is 17.8. The molecule has 2 aromatic rings. The Morgan fingerprint density at radius 1 is 1.11 bits per heavy atom. The quantitative estimate of drug-likeness (QED) is 0.797. The molecule has 1 saturated heterocycles. The number of sulfonamides is 1. The molecule has 0 aliphatic carbocycles. The first-order valence-electron chi connectivity index (χ1n) is 9.40. The number of hydrogen-bond donors (Lipinski definition) is 1. The molecule has 1 N–H and O–H groups in total. The molecule has 1 amide bonds. The maximum atomic E-state index is 12.9. The standard InChI is InChI=1S/C18H28N6O3S/c1-12(16-10-22(4)20-13(16)2)19-18(25)15-6-8-24(9-7-15)28(26,27)17-11-23(5)21-14(17)3/h10-12,15H,6-9H2,1-5H3,(H,19,25)/t12-/m1/s1. The third-order valence-corrected chi connectivity index (χ3v) is 7.29. The largest absolute Gasteiger partial charge is 0.349 e. The van der Waals surface area contributed by atoms with Gasteiger partial charge in [-0.2, -0.15) is 14.5 Å². The van der Waals surface area contributed by atoms with E-state index in [1.165, 1.54) is 15.2 Å². The van der Waals surface area contributed by atoms with Crippen molar-refractivity contribution in [2.75, 3.05) is 13.1 Å². The van der Waals surface area contributed by atoms with Crippen LogP contribution in [0.25, 0.3) is 0 Å². The minimum absolute atomic E-state index is 0.0367. The number of aryl methyl sites for hydroxylation is 4. The lowest BCUT2D eigenvalue weighted by Gasteiger charge is -2.31. The summed E-state index contributed by atoms with van der Waals surface area (Å²) in [5.74, 6) is -0.230. The normalized spacial score (nSPS) is 17.6.